The molecule has 0 aromatic heterocycles. The number of hydrogen-bond acceptors (Lipinski definition) is 2. The van der Waals surface area contributed by atoms with E-state index in [2.05, 4.69) is 0 Å². The van der Waals surface area contributed by atoms with Crippen molar-refractivity contribution in [1.82, 2.24) is 4.90 Å². The number of aliphatic carboxylic acids is 1. The zero-order valence-corrected chi connectivity index (χ0v) is 9.67. The Morgan fingerprint density at radius 3 is 2.59 bits per heavy atom. The van der Waals surface area contributed by atoms with Crippen molar-refractivity contribution in [3.63, 3.8) is 0 Å². The van der Waals surface area contributed by atoms with Gasteiger partial charge in [-0.05, 0) is 12.0 Å². The fraction of sp³-hybridized carbons (Fsp3) is 0.385. The van der Waals surface area contributed by atoms with Crippen LogP contribution in [-0.4, -0.2) is 28.9 Å². The Kier molecular flexibility index (Phi) is 3.13. The number of hydrogen-bond donors (Lipinski definition) is 1. The molecule has 90 valence electrons. The molecular weight excluding hydrogens is 218 g/mol. The first-order valence-corrected chi connectivity index (χ1v) is 5.64. The molecular formula is C13H15NO3. The van der Waals surface area contributed by atoms with E-state index in [1.165, 1.54) is 0 Å². The van der Waals surface area contributed by atoms with E-state index in [1.54, 1.807) is 11.9 Å². The van der Waals surface area contributed by atoms with Gasteiger partial charge in [-0.3, -0.25) is 9.59 Å². The maximum Gasteiger partial charge on any atom is 0.308 e. The number of carboxylic acids is 1. The molecule has 0 aliphatic carbocycles. The molecule has 0 radical (unpaired) electrons. The van der Waals surface area contributed by atoms with Crippen LogP contribution in [0.5, 0.6) is 0 Å². The first kappa shape index (κ1) is 11.6. The monoisotopic (exact) mass is 233 g/mol. The molecule has 1 heterocycles. The van der Waals surface area contributed by atoms with Crippen molar-refractivity contribution in [1.29, 1.82) is 0 Å². The van der Waals surface area contributed by atoms with Gasteiger partial charge in [-0.25, -0.2) is 0 Å². The molecule has 2 rings (SSSR count). The van der Waals surface area contributed by atoms with Crippen molar-refractivity contribution < 1.29 is 14.7 Å². The molecule has 1 aromatic carbocycles. The lowest BCUT2D eigenvalue weighted by Gasteiger charge is -2.37. The summed E-state index contributed by atoms with van der Waals surface area (Å²) >= 11 is 0. The Hall–Kier alpha value is -1.84. The lowest BCUT2D eigenvalue weighted by Crippen LogP contribution is -2.42. The molecule has 1 aliphatic rings. The van der Waals surface area contributed by atoms with Gasteiger partial charge in [-0.2, -0.15) is 0 Å². The molecule has 17 heavy (non-hydrogen) atoms. The van der Waals surface area contributed by atoms with Gasteiger partial charge in [-0.1, -0.05) is 30.3 Å². The van der Waals surface area contributed by atoms with Gasteiger partial charge in [0.2, 0.25) is 5.91 Å². The number of carbonyl (C=O) groups is 2. The molecule has 1 N–H and O–H groups in total. The second-order valence-electron chi connectivity index (χ2n) is 4.34. The third-order valence-electron chi connectivity index (χ3n) is 3.32. The number of rotatable bonds is 2. The van der Waals surface area contributed by atoms with E-state index in [9.17, 15) is 14.7 Å². The predicted octanol–water partition coefficient (Wildman–Crippen LogP) is 1.68. The van der Waals surface area contributed by atoms with Gasteiger partial charge in [0.25, 0.3) is 0 Å². The summed E-state index contributed by atoms with van der Waals surface area (Å²) in [4.78, 5) is 24.5. The molecule has 1 aromatic rings. The highest BCUT2D eigenvalue weighted by Crippen LogP contribution is 2.35. The van der Waals surface area contributed by atoms with Crippen molar-refractivity contribution >= 4 is 11.9 Å². The van der Waals surface area contributed by atoms with Crippen LogP contribution in [0.1, 0.15) is 24.4 Å². The van der Waals surface area contributed by atoms with Gasteiger partial charge in [0.1, 0.15) is 0 Å². The summed E-state index contributed by atoms with van der Waals surface area (Å²) in [5.41, 5.74) is 0.885. The summed E-state index contributed by atoms with van der Waals surface area (Å²) in [6.07, 6.45) is 0.731. The molecule has 1 fully saturated rings. The maximum absolute atomic E-state index is 11.7. The minimum absolute atomic E-state index is 0.0105. The average Bonchev–Trinajstić information content (AvgIpc) is 2.33. The normalized spacial score (nSPS) is 24.8. The smallest absolute Gasteiger partial charge is 0.308 e. The molecule has 0 spiro atoms. The summed E-state index contributed by atoms with van der Waals surface area (Å²) in [7, 11) is 1.68. The molecule has 1 amide bonds. The Balaban J connectivity index is 2.37. The maximum atomic E-state index is 11.7. The predicted molar refractivity (Wildman–Crippen MR) is 62.3 cm³/mol. The molecule has 4 nitrogen and oxygen atoms in total. The topological polar surface area (TPSA) is 57.6 Å². The van der Waals surface area contributed by atoms with E-state index in [0.717, 1.165) is 5.56 Å². The lowest BCUT2D eigenvalue weighted by molar-refractivity contribution is -0.150. The van der Waals surface area contributed by atoms with Gasteiger partial charge in [0, 0.05) is 13.5 Å². The first-order chi connectivity index (χ1) is 8.11. The van der Waals surface area contributed by atoms with Crippen LogP contribution in [-0.2, 0) is 9.59 Å². The van der Waals surface area contributed by atoms with Crippen molar-refractivity contribution in [3.05, 3.63) is 35.9 Å². The Bertz CT molecular complexity index is 430. The third-order valence-corrected chi connectivity index (χ3v) is 3.32. The SMILES string of the molecule is CN1C(=O)CC[C@H](C(=O)O)[C@H]1c1ccccc1. The summed E-state index contributed by atoms with van der Waals surface area (Å²) in [6.45, 7) is 0. The van der Waals surface area contributed by atoms with Crippen molar-refractivity contribution in [3.8, 4) is 0 Å². The minimum atomic E-state index is -0.835. The van der Waals surface area contributed by atoms with E-state index in [0.29, 0.717) is 12.8 Å². The highest BCUT2D eigenvalue weighted by molar-refractivity contribution is 5.81. The number of benzene rings is 1. The van der Waals surface area contributed by atoms with Crippen LogP contribution in [0.15, 0.2) is 30.3 Å². The lowest BCUT2D eigenvalue weighted by atomic mass is 9.85. The van der Waals surface area contributed by atoms with E-state index in [1.807, 2.05) is 30.3 Å². The highest BCUT2D eigenvalue weighted by atomic mass is 16.4. The summed E-state index contributed by atoms with van der Waals surface area (Å²) in [5, 5.41) is 9.24. The highest BCUT2D eigenvalue weighted by Gasteiger charge is 2.38. The van der Waals surface area contributed by atoms with E-state index >= 15 is 0 Å². The molecule has 1 aliphatic heterocycles. The van der Waals surface area contributed by atoms with Crippen LogP contribution in [0.4, 0.5) is 0 Å². The van der Waals surface area contributed by atoms with Crippen molar-refractivity contribution in [2.75, 3.05) is 7.05 Å². The number of nitrogens with zero attached hydrogens (tertiary/aromatic N) is 1. The number of amides is 1. The van der Waals surface area contributed by atoms with Crippen molar-refractivity contribution in [2.45, 2.75) is 18.9 Å². The molecule has 0 saturated carbocycles. The Labute approximate surface area is 99.9 Å². The zero-order chi connectivity index (χ0) is 12.4. The molecule has 1 saturated heterocycles. The Morgan fingerprint density at radius 1 is 1.35 bits per heavy atom. The minimum Gasteiger partial charge on any atom is -0.481 e. The molecule has 4 heteroatoms. The third kappa shape index (κ3) is 2.16. The van der Waals surface area contributed by atoms with Gasteiger partial charge in [0.15, 0.2) is 0 Å². The van der Waals surface area contributed by atoms with Gasteiger partial charge in [-0.15, -0.1) is 0 Å². The van der Waals surface area contributed by atoms with Gasteiger partial charge >= 0.3 is 5.97 Å². The summed E-state index contributed by atoms with van der Waals surface area (Å²) in [6, 6.07) is 8.99. The largest absolute Gasteiger partial charge is 0.481 e. The standard InChI is InChI=1S/C13H15NO3/c1-14-11(15)8-7-10(13(16)17)12(14)9-5-3-2-4-6-9/h2-6,10,12H,7-8H2,1H3,(H,16,17)/t10-,12+/m0/s1. The average molecular weight is 233 g/mol. The first-order valence-electron chi connectivity index (χ1n) is 5.64. The van der Waals surface area contributed by atoms with Gasteiger partial charge < -0.3 is 10.0 Å². The number of piperidine rings is 1. The van der Waals surface area contributed by atoms with Crippen LogP contribution >= 0.6 is 0 Å². The zero-order valence-electron chi connectivity index (χ0n) is 9.67. The number of carbonyl (C=O) groups excluding carboxylic acids is 1. The molecule has 0 bridgehead atoms. The van der Waals surface area contributed by atoms with Crippen LogP contribution in [0.2, 0.25) is 0 Å². The van der Waals surface area contributed by atoms with Crippen LogP contribution in [0.25, 0.3) is 0 Å². The second kappa shape index (κ2) is 4.57. The van der Waals surface area contributed by atoms with E-state index in [4.69, 9.17) is 0 Å². The van der Waals surface area contributed by atoms with Gasteiger partial charge in [0.05, 0.1) is 12.0 Å². The second-order valence-corrected chi connectivity index (χ2v) is 4.34. The fourth-order valence-electron chi connectivity index (χ4n) is 2.40. The van der Waals surface area contributed by atoms with Crippen LogP contribution < -0.4 is 0 Å². The van der Waals surface area contributed by atoms with E-state index < -0.39 is 11.9 Å². The Morgan fingerprint density at radius 2 is 2.00 bits per heavy atom. The number of likely N-dealkylation sites (tertiary alicyclic amines) is 1. The molecule has 0 unspecified atom stereocenters. The summed E-state index contributed by atoms with van der Waals surface area (Å²) in [5.74, 6) is -1.34. The van der Waals surface area contributed by atoms with Crippen molar-refractivity contribution in [2.24, 2.45) is 5.92 Å². The summed E-state index contributed by atoms with van der Waals surface area (Å²) < 4.78 is 0. The molecule has 2 atom stereocenters. The van der Waals surface area contributed by atoms with Crippen LogP contribution in [0.3, 0.4) is 0 Å². The van der Waals surface area contributed by atoms with Crippen LogP contribution in [0, 0.1) is 5.92 Å². The fourth-order valence-corrected chi connectivity index (χ4v) is 2.40. The quantitative estimate of drug-likeness (QED) is 0.845. The van der Waals surface area contributed by atoms with E-state index in [-0.39, 0.29) is 11.9 Å². The number of carboxylic acid groups (broad SMARTS) is 1.